The lowest BCUT2D eigenvalue weighted by Gasteiger charge is -2.22. The van der Waals surface area contributed by atoms with Crippen molar-refractivity contribution in [1.29, 1.82) is 0 Å². The van der Waals surface area contributed by atoms with Crippen LogP contribution < -0.4 is 5.56 Å². The average Bonchev–Trinajstić information content (AvgIpc) is 3.27. The number of aromatic nitrogens is 4. The van der Waals surface area contributed by atoms with Gasteiger partial charge in [0.2, 0.25) is 5.91 Å². The molecular formula is C15H23N5O9P2. The van der Waals surface area contributed by atoms with Gasteiger partial charge in [-0.3, -0.25) is 18.7 Å². The highest BCUT2D eigenvalue weighted by atomic mass is 31.2. The van der Waals surface area contributed by atoms with Gasteiger partial charge in [0, 0.05) is 19.5 Å². The third-order valence-electron chi connectivity index (χ3n) is 5.05. The number of carbonyl (C=O) groups is 1. The van der Waals surface area contributed by atoms with Crippen molar-refractivity contribution in [3.63, 3.8) is 0 Å². The molecule has 0 aromatic carbocycles. The van der Waals surface area contributed by atoms with Gasteiger partial charge in [-0.2, -0.15) is 0 Å². The van der Waals surface area contributed by atoms with Crippen molar-refractivity contribution in [2.24, 2.45) is 0 Å². The van der Waals surface area contributed by atoms with Crippen LogP contribution in [0, 0.1) is 0 Å². The van der Waals surface area contributed by atoms with Crippen LogP contribution in [0.15, 0.2) is 17.4 Å². The second kappa shape index (κ2) is 8.91. The number of likely N-dealkylation sites (tertiary alicyclic amines) is 1. The van der Waals surface area contributed by atoms with Crippen LogP contribution in [0.4, 0.5) is 0 Å². The van der Waals surface area contributed by atoms with Crippen molar-refractivity contribution >= 4 is 32.3 Å². The van der Waals surface area contributed by atoms with Crippen LogP contribution in [0.25, 0.3) is 11.2 Å². The Morgan fingerprint density at radius 1 is 1.29 bits per heavy atom. The predicted octanol–water partition coefficient (Wildman–Crippen LogP) is -0.978. The largest absolute Gasteiger partial charge is 0.373 e. The van der Waals surface area contributed by atoms with E-state index >= 15 is 0 Å². The molecule has 3 rings (SSSR count). The first kappa shape index (κ1) is 23.7. The third-order valence-corrected chi connectivity index (χ3v) is 7.16. The number of aromatic amines is 1. The molecule has 0 aliphatic carbocycles. The standard InChI is InChI=1S/C15H23N5O9P2/c1-9(31(26,27)28)6-29-11-5-19(12(21)2-3-30(23,24)25)4-10(11)20-8-18-13-14(20)16-7-17-15(13)22/h7-11H,2-6H2,1H3,(H,16,17,22)(H2,23,24,25)(H2,26,27,28)/t9?,10-,11+/m1/s1. The average molecular weight is 479 g/mol. The molecule has 1 fully saturated rings. The molecule has 3 atom stereocenters. The molecule has 1 unspecified atom stereocenters. The van der Waals surface area contributed by atoms with Crippen LogP contribution >= 0.6 is 15.2 Å². The molecular weight excluding hydrogens is 456 g/mol. The number of fused-ring (bicyclic) bond motifs is 1. The molecule has 2 aromatic rings. The van der Waals surface area contributed by atoms with Crippen LogP contribution in [0.5, 0.6) is 0 Å². The second-order valence-electron chi connectivity index (χ2n) is 7.37. The highest BCUT2D eigenvalue weighted by Crippen LogP contribution is 2.41. The number of H-pyrrole nitrogens is 1. The summed E-state index contributed by atoms with van der Waals surface area (Å²) in [6, 6.07) is -0.581. The van der Waals surface area contributed by atoms with Crippen LogP contribution in [0.2, 0.25) is 0 Å². The van der Waals surface area contributed by atoms with E-state index in [1.165, 1.54) is 24.5 Å². The summed E-state index contributed by atoms with van der Waals surface area (Å²) in [6.07, 6.45) is 0.881. The first-order chi connectivity index (χ1) is 14.4. The molecule has 1 aliphatic rings. The Balaban J connectivity index is 1.84. The van der Waals surface area contributed by atoms with Crippen molar-refractivity contribution in [1.82, 2.24) is 24.4 Å². The summed E-state index contributed by atoms with van der Waals surface area (Å²) in [7, 11) is -8.72. The van der Waals surface area contributed by atoms with Gasteiger partial charge in [-0.25, -0.2) is 9.97 Å². The minimum Gasteiger partial charge on any atom is -0.373 e. The molecule has 16 heteroatoms. The lowest BCUT2D eigenvalue weighted by Crippen LogP contribution is -2.31. The van der Waals surface area contributed by atoms with Gasteiger partial charge in [-0.1, -0.05) is 0 Å². The lowest BCUT2D eigenvalue weighted by molar-refractivity contribution is -0.130. The van der Waals surface area contributed by atoms with Gasteiger partial charge < -0.3 is 38.8 Å². The second-order valence-corrected chi connectivity index (χ2v) is 11.2. The van der Waals surface area contributed by atoms with Crippen molar-refractivity contribution in [3.05, 3.63) is 23.0 Å². The lowest BCUT2D eigenvalue weighted by atomic mass is 10.2. The molecule has 0 spiro atoms. The molecule has 3 heterocycles. The van der Waals surface area contributed by atoms with Gasteiger partial charge in [0.05, 0.1) is 43.2 Å². The molecule has 172 valence electrons. The van der Waals surface area contributed by atoms with E-state index in [0.29, 0.717) is 0 Å². The van der Waals surface area contributed by atoms with E-state index < -0.39 is 50.6 Å². The monoisotopic (exact) mass is 479 g/mol. The number of nitrogens with zero attached hydrogens (tertiary/aromatic N) is 4. The molecule has 0 radical (unpaired) electrons. The SMILES string of the molecule is CC(CO[C@H]1CN(C(=O)CCP(=O)(O)O)C[C@H]1n1cnc2c(=O)[nH]cnc21)P(=O)(O)O. The zero-order valence-electron chi connectivity index (χ0n) is 16.4. The molecule has 0 saturated carbocycles. The number of hydrogen-bond donors (Lipinski definition) is 5. The Labute approximate surface area is 175 Å². The van der Waals surface area contributed by atoms with Gasteiger partial charge in [0.25, 0.3) is 5.56 Å². The first-order valence-electron chi connectivity index (χ1n) is 9.26. The minimum absolute atomic E-state index is 0.0292. The van der Waals surface area contributed by atoms with Crippen LogP contribution in [0.3, 0.4) is 0 Å². The molecule has 31 heavy (non-hydrogen) atoms. The summed E-state index contributed by atoms with van der Waals surface area (Å²) >= 11 is 0. The van der Waals surface area contributed by atoms with E-state index in [9.17, 15) is 28.5 Å². The highest BCUT2D eigenvalue weighted by Gasteiger charge is 2.39. The molecule has 14 nitrogen and oxygen atoms in total. The summed E-state index contributed by atoms with van der Waals surface area (Å²) < 4.78 is 29.8. The van der Waals surface area contributed by atoms with E-state index in [4.69, 9.17) is 14.5 Å². The molecule has 1 amide bonds. The Morgan fingerprint density at radius 3 is 2.65 bits per heavy atom. The smallest absolute Gasteiger partial charge is 0.330 e. The maximum atomic E-state index is 12.5. The number of hydrogen-bond acceptors (Lipinski definition) is 7. The van der Waals surface area contributed by atoms with Crippen LogP contribution in [0.1, 0.15) is 19.4 Å². The van der Waals surface area contributed by atoms with E-state index in [2.05, 4.69) is 15.0 Å². The zero-order chi connectivity index (χ0) is 23.0. The number of carbonyl (C=O) groups excluding carboxylic acids is 1. The number of rotatable bonds is 8. The topological polar surface area (TPSA) is 208 Å². The summed E-state index contributed by atoms with van der Waals surface area (Å²) in [5.41, 5.74) is -1.21. The summed E-state index contributed by atoms with van der Waals surface area (Å²) in [5.74, 6) is -0.502. The Kier molecular flexibility index (Phi) is 6.82. The summed E-state index contributed by atoms with van der Waals surface area (Å²) in [4.78, 5) is 73.0. The van der Waals surface area contributed by atoms with E-state index in [1.54, 1.807) is 4.57 Å². The Hall–Kier alpha value is -1.92. The van der Waals surface area contributed by atoms with E-state index in [1.807, 2.05) is 0 Å². The van der Waals surface area contributed by atoms with Gasteiger partial charge in [-0.15, -0.1) is 0 Å². The molecule has 2 aromatic heterocycles. The molecule has 1 saturated heterocycles. The molecule has 5 N–H and O–H groups in total. The number of amides is 1. The normalized spacial score (nSPS) is 21.0. The van der Waals surface area contributed by atoms with E-state index in [0.717, 1.165) is 0 Å². The Bertz CT molecular complexity index is 1110. The van der Waals surface area contributed by atoms with Gasteiger partial charge >= 0.3 is 15.2 Å². The zero-order valence-corrected chi connectivity index (χ0v) is 18.2. The number of nitrogens with one attached hydrogen (secondary N) is 1. The number of imidazole rings is 1. The van der Waals surface area contributed by atoms with Gasteiger partial charge in [0.1, 0.15) is 0 Å². The fourth-order valence-electron chi connectivity index (χ4n) is 3.26. The minimum atomic E-state index is -4.37. The highest BCUT2D eigenvalue weighted by molar-refractivity contribution is 7.52. The molecule has 0 bridgehead atoms. The van der Waals surface area contributed by atoms with Crippen molar-refractivity contribution < 1.29 is 38.2 Å². The van der Waals surface area contributed by atoms with Crippen LogP contribution in [-0.4, -0.2) is 87.5 Å². The van der Waals surface area contributed by atoms with Crippen molar-refractivity contribution in [3.8, 4) is 0 Å². The van der Waals surface area contributed by atoms with Crippen molar-refractivity contribution in [2.45, 2.75) is 31.1 Å². The van der Waals surface area contributed by atoms with E-state index in [-0.39, 0.29) is 37.3 Å². The quantitative estimate of drug-likeness (QED) is 0.291. The fourth-order valence-corrected chi connectivity index (χ4v) is 4.02. The maximum absolute atomic E-state index is 12.5. The van der Waals surface area contributed by atoms with Crippen molar-refractivity contribution in [2.75, 3.05) is 25.9 Å². The maximum Gasteiger partial charge on any atom is 0.330 e. The number of ether oxygens (including phenoxy) is 1. The van der Waals surface area contributed by atoms with Gasteiger partial charge in [-0.05, 0) is 6.92 Å². The summed E-state index contributed by atoms with van der Waals surface area (Å²) in [6.45, 7) is 1.16. The predicted molar refractivity (Wildman–Crippen MR) is 107 cm³/mol. The van der Waals surface area contributed by atoms with Gasteiger partial charge in [0.15, 0.2) is 11.2 Å². The van der Waals surface area contributed by atoms with Crippen LogP contribution in [-0.2, 0) is 18.7 Å². The summed E-state index contributed by atoms with van der Waals surface area (Å²) in [5, 5.41) is 0. The first-order valence-corrected chi connectivity index (χ1v) is 12.7. The third kappa shape index (κ3) is 5.66. The molecule has 1 aliphatic heterocycles. The Morgan fingerprint density at radius 2 is 2.00 bits per heavy atom. The fraction of sp³-hybridized carbons (Fsp3) is 0.600.